The van der Waals surface area contributed by atoms with Crippen LogP contribution in [0.4, 0.5) is 0 Å². The van der Waals surface area contributed by atoms with Gasteiger partial charge in [-0.3, -0.25) is 0 Å². The second-order valence-electron chi connectivity index (χ2n) is 3.70. The minimum absolute atomic E-state index is 0.130. The van der Waals surface area contributed by atoms with E-state index in [2.05, 4.69) is 0 Å². The summed E-state index contributed by atoms with van der Waals surface area (Å²) in [6, 6.07) is 7.85. The van der Waals surface area contributed by atoms with Crippen LogP contribution in [0.15, 0.2) is 29.2 Å². The van der Waals surface area contributed by atoms with Crippen LogP contribution < -0.4 is 4.74 Å². The Bertz CT molecular complexity index is 280. The quantitative estimate of drug-likeness (QED) is 0.778. The normalized spacial score (nSPS) is 11.4. The Balaban J connectivity index is 2.69. The Morgan fingerprint density at radius 1 is 1.29 bits per heavy atom. The highest BCUT2D eigenvalue weighted by Gasteiger charge is 2.17. The van der Waals surface area contributed by atoms with Crippen molar-refractivity contribution in [3.05, 3.63) is 24.3 Å². The van der Waals surface area contributed by atoms with Gasteiger partial charge >= 0.3 is 0 Å². The lowest BCUT2D eigenvalue weighted by Gasteiger charge is -2.20. The molecule has 0 aliphatic heterocycles. The fourth-order valence-corrected chi connectivity index (χ4v) is 1.97. The molecule has 0 spiro atoms. The molecular formula is C11H16O2S. The van der Waals surface area contributed by atoms with Crippen molar-refractivity contribution >= 4 is 11.8 Å². The summed E-state index contributed by atoms with van der Waals surface area (Å²) in [5.41, 5.74) is 0. The molecule has 0 amide bonds. The van der Waals surface area contributed by atoms with Crippen molar-refractivity contribution in [2.24, 2.45) is 0 Å². The number of ether oxygens (including phenoxy) is 1. The molecule has 1 aromatic carbocycles. The molecule has 2 nitrogen and oxygen atoms in total. The fraction of sp³-hybridized carbons (Fsp3) is 0.455. The molecule has 14 heavy (non-hydrogen) atoms. The van der Waals surface area contributed by atoms with E-state index < -0.39 is 0 Å². The molecule has 0 atom stereocenters. The van der Waals surface area contributed by atoms with Crippen LogP contribution in [-0.4, -0.2) is 23.6 Å². The Labute approximate surface area is 89.3 Å². The van der Waals surface area contributed by atoms with Crippen molar-refractivity contribution in [2.45, 2.75) is 23.5 Å². The average Bonchev–Trinajstić information content (AvgIpc) is 2.19. The number of hydrogen-bond acceptors (Lipinski definition) is 3. The molecular weight excluding hydrogens is 196 g/mol. The molecule has 78 valence electrons. The number of hydrogen-bond donors (Lipinski definition) is 1. The lowest BCUT2D eigenvalue weighted by molar-refractivity contribution is 0.265. The molecule has 1 aromatic rings. The summed E-state index contributed by atoms with van der Waals surface area (Å²) in [6.07, 6.45) is 0. The third-order valence-corrected chi connectivity index (χ3v) is 3.02. The summed E-state index contributed by atoms with van der Waals surface area (Å²) in [7, 11) is 1.65. The van der Waals surface area contributed by atoms with E-state index in [4.69, 9.17) is 9.84 Å². The maximum atomic E-state index is 9.11. The van der Waals surface area contributed by atoms with Gasteiger partial charge in [0.15, 0.2) is 0 Å². The highest BCUT2D eigenvalue weighted by Crippen LogP contribution is 2.32. The summed E-state index contributed by atoms with van der Waals surface area (Å²) in [6.45, 7) is 4.20. The van der Waals surface area contributed by atoms with Crippen molar-refractivity contribution in [1.82, 2.24) is 0 Å². The Hall–Kier alpha value is -0.670. The van der Waals surface area contributed by atoms with Crippen molar-refractivity contribution < 1.29 is 9.84 Å². The van der Waals surface area contributed by atoms with Crippen LogP contribution in [-0.2, 0) is 0 Å². The smallest absolute Gasteiger partial charge is 0.118 e. The maximum Gasteiger partial charge on any atom is 0.118 e. The van der Waals surface area contributed by atoms with E-state index in [0.29, 0.717) is 0 Å². The van der Waals surface area contributed by atoms with E-state index in [0.717, 1.165) is 10.6 Å². The molecule has 0 saturated heterocycles. The van der Waals surface area contributed by atoms with Crippen molar-refractivity contribution in [2.75, 3.05) is 13.7 Å². The van der Waals surface area contributed by atoms with Crippen LogP contribution in [0.25, 0.3) is 0 Å². The van der Waals surface area contributed by atoms with Gasteiger partial charge in [-0.05, 0) is 38.1 Å². The summed E-state index contributed by atoms with van der Waals surface area (Å²) >= 11 is 1.66. The SMILES string of the molecule is COc1ccc(SC(C)(C)CO)cc1. The highest BCUT2D eigenvalue weighted by molar-refractivity contribution is 8.00. The first-order valence-corrected chi connectivity index (χ1v) is 5.33. The third kappa shape index (κ3) is 3.24. The van der Waals surface area contributed by atoms with Crippen molar-refractivity contribution in [3.8, 4) is 5.75 Å². The molecule has 0 heterocycles. The van der Waals surface area contributed by atoms with E-state index >= 15 is 0 Å². The van der Waals surface area contributed by atoms with Gasteiger partial charge in [0.1, 0.15) is 5.75 Å². The van der Waals surface area contributed by atoms with Crippen molar-refractivity contribution in [1.29, 1.82) is 0 Å². The topological polar surface area (TPSA) is 29.5 Å². The zero-order valence-corrected chi connectivity index (χ0v) is 9.60. The van der Waals surface area contributed by atoms with Crippen LogP contribution in [0.1, 0.15) is 13.8 Å². The standard InChI is InChI=1S/C11H16O2S/c1-11(2,8-12)14-10-6-4-9(13-3)5-7-10/h4-7,12H,8H2,1-3H3. The van der Waals surface area contributed by atoms with Crippen LogP contribution in [0, 0.1) is 0 Å². The minimum Gasteiger partial charge on any atom is -0.497 e. The highest BCUT2D eigenvalue weighted by atomic mass is 32.2. The van der Waals surface area contributed by atoms with E-state index in [1.165, 1.54) is 0 Å². The molecule has 0 saturated carbocycles. The van der Waals surface area contributed by atoms with Gasteiger partial charge in [-0.15, -0.1) is 11.8 Å². The van der Waals surface area contributed by atoms with Gasteiger partial charge in [-0.2, -0.15) is 0 Å². The maximum absolute atomic E-state index is 9.11. The molecule has 1 N–H and O–H groups in total. The molecule has 0 unspecified atom stereocenters. The second kappa shape index (κ2) is 4.71. The van der Waals surface area contributed by atoms with E-state index in [1.54, 1.807) is 18.9 Å². The first kappa shape index (κ1) is 11.4. The molecule has 0 radical (unpaired) electrons. The first-order valence-electron chi connectivity index (χ1n) is 4.51. The average molecular weight is 212 g/mol. The van der Waals surface area contributed by atoms with Gasteiger partial charge in [0.25, 0.3) is 0 Å². The molecule has 0 aromatic heterocycles. The largest absolute Gasteiger partial charge is 0.497 e. The van der Waals surface area contributed by atoms with E-state index in [1.807, 2.05) is 38.1 Å². The number of thioether (sulfide) groups is 1. The Kier molecular flexibility index (Phi) is 3.84. The van der Waals surface area contributed by atoms with Gasteiger partial charge in [-0.1, -0.05) is 0 Å². The van der Waals surface area contributed by atoms with Crippen molar-refractivity contribution in [3.63, 3.8) is 0 Å². The number of methoxy groups -OCH3 is 1. The summed E-state index contributed by atoms with van der Waals surface area (Å²) in [5, 5.41) is 9.11. The monoisotopic (exact) mass is 212 g/mol. The molecule has 0 aliphatic rings. The van der Waals surface area contributed by atoms with Gasteiger partial charge in [-0.25, -0.2) is 0 Å². The number of aliphatic hydroxyl groups excluding tert-OH is 1. The second-order valence-corrected chi connectivity index (χ2v) is 5.48. The third-order valence-electron chi connectivity index (χ3n) is 1.83. The van der Waals surface area contributed by atoms with Gasteiger partial charge in [0, 0.05) is 9.64 Å². The summed E-state index contributed by atoms with van der Waals surface area (Å²) < 4.78 is 4.94. The number of benzene rings is 1. The fourth-order valence-electron chi connectivity index (χ4n) is 0.995. The van der Waals surface area contributed by atoms with Crippen LogP contribution in [0.2, 0.25) is 0 Å². The van der Waals surface area contributed by atoms with Crippen LogP contribution >= 0.6 is 11.8 Å². The predicted molar refractivity (Wildman–Crippen MR) is 60.0 cm³/mol. The number of rotatable bonds is 4. The predicted octanol–water partition coefficient (Wildman–Crippen LogP) is 2.56. The molecule has 0 bridgehead atoms. The van der Waals surface area contributed by atoms with Crippen LogP contribution in [0.5, 0.6) is 5.75 Å². The molecule has 1 rings (SSSR count). The zero-order valence-electron chi connectivity index (χ0n) is 8.78. The molecule has 0 aliphatic carbocycles. The molecule has 0 fully saturated rings. The Morgan fingerprint density at radius 2 is 1.86 bits per heavy atom. The Morgan fingerprint density at radius 3 is 2.29 bits per heavy atom. The number of aliphatic hydroxyl groups is 1. The first-order chi connectivity index (χ1) is 6.57. The summed E-state index contributed by atoms with van der Waals surface area (Å²) in [4.78, 5) is 1.14. The van der Waals surface area contributed by atoms with Crippen LogP contribution in [0.3, 0.4) is 0 Å². The van der Waals surface area contributed by atoms with E-state index in [9.17, 15) is 0 Å². The lowest BCUT2D eigenvalue weighted by Crippen LogP contribution is -2.19. The van der Waals surface area contributed by atoms with Gasteiger partial charge < -0.3 is 9.84 Å². The zero-order chi connectivity index (χ0) is 10.6. The summed E-state index contributed by atoms with van der Waals surface area (Å²) in [5.74, 6) is 0.858. The van der Waals surface area contributed by atoms with Gasteiger partial charge in [0.2, 0.25) is 0 Å². The minimum atomic E-state index is -0.130. The lowest BCUT2D eigenvalue weighted by atomic mass is 10.2. The van der Waals surface area contributed by atoms with E-state index in [-0.39, 0.29) is 11.4 Å². The molecule has 3 heteroatoms. The van der Waals surface area contributed by atoms with Gasteiger partial charge in [0.05, 0.1) is 13.7 Å².